The van der Waals surface area contributed by atoms with Gasteiger partial charge in [-0.2, -0.15) is 10.1 Å². The molecule has 0 spiro atoms. The molecule has 2 aromatic carbocycles. The number of aryl methyl sites for hydroxylation is 2. The van der Waals surface area contributed by atoms with Crippen LogP contribution in [0.5, 0.6) is 5.88 Å². The lowest BCUT2D eigenvalue weighted by Crippen LogP contribution is -1.87. The summed E-state index contributed by atoms with van der Waals surface area (Å²) in [6, 6.07) is 47.8. The Morgan fingerprint density at radius 3 is 2.06 bits per heavy atom. The van der Waals surface area contributed by atoms with Crippen LogP contribution in [0.15, 0.2) is 250 Å². The van der Waals surface area contributed by atoms with Gasteiger partial charge in [-0.25, -0.2) is 44.9 Å². The molecule has 0 saturated carbocycles. The van der Waals surface area contributed by atoms with Crippen LogP contribution in [0.2, 0.25) is 0 Å². The molecule has 0 fully saturated rings. The van der Waals surface area contributed by atoms with E-state index in [1.54, 1.807) is 60.3 Å². The molecule has 0 unspecified atom stereocenters. The number of ether oxygens (including phenoxy) is 1. The number of fused-ring (bicyclic) bond motifs is 9. The molecule has 18 nitrogen and oxygen atoms in total. The van der Waals surface area contributed by atoms with Crippen LogP contribution in [0, 0.1) is 0 Å². The normalized spacial score (nSPS) is 12.0. The summed E-state index contributed by atoms with van der Waals surface area (Å²) in [4.78, 5) is 51.2. The number of hydrogen-bond donors (Lipinski definition) is 1. The van der Waals surface area contributed by atoms with E-state index >= 15 is 0 Å². The van der Waals surface area contributed by atoms with Gasteiger partial charge in [-0.1, -0.05) is 66.7 Å². The predicted molar refractivity (Wildman–Crippen MR) is 319 cm³/mol. The zero-order chi connectivity index (χ0) is 55.6. The van der Waals surface area contributed by atoms with Gasteiger partial charge >= 0.3 is 0 Å². The topological polar surface area (TPSA) is 230 Å². The van der Waals surface area contributed by atoms with E-state index in [4.69, 9.17) is 13.6 Å². The third-order valence-electron chi connectivity index (χ3n) is 12.3. The minimum Gasteiger partial charge on any atom is -0.477 e. The van der Waals surface area contributed by atoms with E-state index < -0.39 is 0 Å². The van der Waals surface area contributed by atoms with Crippen LogP contribution in [0.3, 0.4) is 0 Å². The molecule has 0 bridgehead atoms. The number of hydrogen-bond acceptors (Lipinski definition) is 18. The van der Waals surface area contributed by atoms with E-state index in [1.807, 2.05) is 122 Å². The van der Waals surface area contributed by atoms with Crippen LogP contribution >= 0.6 is 11.3 Å². The summed E-state index contributed by atoms with van der Waals surface area (Å²) in [7, 11) is 0. The van der Waals surface area contributed by atoms with E-state index in [9.17, 15) is 0 Å². The fraction of sp³-hybridized carbons (Fsp3) is 0.111. The first-order chi connectivity index (χ1) is 40.7. The zero-order valence-electron chi connectivity index (χ0n) is 44.3. The number of rotatable bonds is 0. The quantitative estimate of drug-likeness (QED) is 0.149. The highest BCUT2D eigenvalue weighted by Crippen LogP contribution is 2.23. The Labute approximate surface area is 475 Å². The van der Waals surface area contributed by atoms with E-state index in [1.165, 1.54) is 70.7 Å². The molecule has 18 rings (SSSR count). The number of aromatic nitrogens is 12. The Morgan fingerprint density at radius 2 is 1.24 bits per heavy atom. The highest BCUT2D eigenvalue weighted by atomic mass is 32.1. The van der Waals surface area contributed by atoms with Gasteiger partial charge in [0.1, 0.15) is 6.33 Å². The van der Waals surface area contributed by atoms with Gasteiger partial charge in [-0.15, -0.1) is 16.5 Å². The minimum atomic E-state index is 0.644. The highest BCUT2D eigenvalue weighted by Gasteiger charge is 2.11. The van der Waals surface area contributed by atoms with E-state index in [0.29, 0.717) is 17.9 Å². The first-order valence-corrected chi connectivity index (χ1v) is 27.1. The second-order valence-corrected chi connectivity index (χ2v) is 18.6. The Kier molecular flexibility index (Phi) is 19.6. The fourth-order valence-corrected chi connectivity index (χ4v) is 8.90. The lowest BCUT2D eigenvalue weighted by Gasteiger charge is -1.92. The van der Waals surface area contributed by atoms with E-state index in [0.717, 1.165) is 69.4 Å². The van der Waals surface area contributed by atoms with Crippen LogP contribution in [-0.2, 0) is 32.2 Å². The lowest BCUT2D eigenvalue weighted by molar-refractivity contribution is 0.345. The van der Waals surface area contributed by atoms with Crippen LogP contribution in [0.25, 0.3) is 54.5 Å². The summed E-state index contributed by atoms with van der Waals surface area (Å²) in [6.45, 7) is 1.50. The number of para-hydroxylation sites is 2. The average molecular weight is 1100 g/mol. The summed E-state index contributed by atoms with van der Waals surface area (Å²) in [5.41, 5.74) is 13.3. The maximum absolute atomic E-state index is 5.19. The summed E-state index contributed by atoms with van der Waals surface area (Å²) < 4.78 is 16.2. The first kappa shape index (κ1) is 54.7. The van der Waals surface area contributed by atoms with Crippen molar-refractivity contribution in [2.24, 2.45) is 15.2 Å². The molecule has 0 radical (unpaired) electrons. The zero-order valence-corrected chi connectivity index (χ0v) is 45.1. The molecule has 1 N–H and O–H groups in total. The molecule has 0 amide bonds. The summed E-state index contributed by atoms with van der Waals surface area (Å²) in [6.07, 6.45) is 28.1. The molecule has 3 aliphatic heterocycles. The number of pyridine rings is 7. The van der Waals surface area contributed by atoms with Gasteiger partial charge in [0.25, 0.3) is 0 Å². The maximum Gasteiger partial charge on any atom is 0.228 e. The van der Waals surface area contributed by atoms with Crippen LogP contribution in [0.4, 0.5) is 11.6 Å². The minimum absolute atomic E-state index is 0.644. The number of H-pyrrole nitrogens is 1. The fourth-order valence-electron chi connectivity index (χ4n) is 8.26. The third-order valence-corrected chi connectivity index (χ3v) is 13.1. The molecular formula is C63H53N15O3S. The van der Waals surface area contributed by atoms with Crippen LogP contribution in [0.1, 0.15) is 34.4 Å². The average Bonchev–Trinajstić information content (AvgIpc) is 4.41. The summed E-state index contributed by atoms with van der Waals surface area (Å²) >= 11 is 1.61. The van der Waals surface area contributed by atoms with Gasteiger partial charge in [0.05, 0.1) is 40.5 Å². The number of aliphatic imine (C=N–C) groups is 1. The van der Waals surface area contributed by atoms with E-state index in [2.05, 4.69) is 124 Å². The molecule has 14 aromatic rings. The van der Waals surface area contributed by atoms with Gasteiger partial charge in [0.15, 0.2) is 34.9 Å². The molecule has 404 valence electrons. The van der Waals surface area contributed by atoms with Crippen molar-refractivity contribution in [1.29, 1.82) is 0 Å². The Hall–Kier alpha value is -10.7. The molecule has 0 atom stereocenters. The van der Waals surface area contributed by atoms with Crippen molar-refractivity contribution in [3.8, 4) is 5.88 Å². The van der Waals surface area contributed by atoms with Crippen molar-refractivity contribution in [3.05, 3.63) is 254 Å². The molecule has 15 heterocycles. The largest absolute Gasteiger partial charge is 0.477 e. The van der Waals surface area contributed by atoms with Gasteiger partial charge in [0.2, 0.25) is 11.6 Å². The maximum atomic E-state index is 5.19. The number of nitrogens with zero attached hydrogens (tertiary/aromatic N) is 14. The molecule has 19 heteroatoms. The Bertz CT molecular complexity index is 3660. The molecular weight excluding hydrogens is 1050 g/mol. The van der Waals surface area contributed by atoms with Crippen molar-refractivity contribution in [3.63, 3.8) is 0 Å². The number of benzene rings is 2. The molecule has 1 aliphatic carbocycles. The second-order valence-electron chi connectivity index (χ2n) is 17.7. The predicted octanol–water partition coefficient (Wildman–Crippen LogP) is 14.1. The number of furan rings is 1. The number of thiazole rings is 1. The third kappa shape index (κ3) is 15.8. The first-order valence-electron chi connectivity index (χ1n) is 26.2. The lowest BCUT2D eigenvalue weighted by atomic mass is 10.2. The standard InChI is InChI=1S/C9H7N.C8H9N.C8H7N.C7H6N2.C7H7NO.C6H5N3.2C6H4N2O.C6H4N2S/c1-2-6-9-8(4-1)5-3-7-10-9;1-3-7-4-2-6-9-8(7)5-1;1-2-4-8-7(3-1)5-6-9-8;2*1-2-6-3-5-9-7(6)8-4-1;1-2-5-4-8-9-6(5)7-3-1;1-2-9-6-5(1)3-7-4-8-6;2*1-2-5-6(7-3-1)8-4-9-5/h1-7H;2,4,6H,1,3,5H2;1-6,9H;1-2,4-5H,3H2;1-2,4H,3,5H2;1-3H,4H2;3*1-4H. The molecule has 82 heavy (non-hydrogen) atoms. The van der Waals surface area contributed by atoms with Crippen molar-refractivity contribution in [2.45, 2.75) is 38.6 Å². The van der Waals surface area contributed by atoms with Gasteiger partial charge in [-0.05, 0) is 109 Å². The summed E-state index contributed by atoms with van der Waals surface area (Å²) in [5, 5.41) is 11.0. The number of azo groups is 1. The molecule has 0 saturated heterocycles. The van der Waals surface area contributed by atoms with Gasteiger partial charge in [0, 0.05) is 108 Å². The van der Waals surface area contributed by atoms with Crippen molar-refractivity contribution in [2.75, 3.05) is 6.61 Å². The summed E-state index contributed by atoms with van der Waals surface area (Å²) in [5.74, 6) is 2.48. The van der Waals surface area contributed by atoms with Crippen molar-refractivity contribution in [1.82, 2.24) is 59.8 Å². The van der Waals surface area contributed by atoms with Crippen molar-refractivity contribution < 1.29 is 13.6 Å². The van der Waals surface area contributed by atoms with Crippen LogP contribution < -0.4 is 4.74 Å². The van der Waals surface area contributed by atoms with E-state index in [-0.39, 0.29) is 0 Å². The number of oxazole rings is 1. The molecule has 4 aliphatic rings. The smallest absolute Gasteiger partial charge is 0.228 e. The second kappa shape index (κ2) is 29.4. The number of nitrogens with one attached hydrogen (secondary N) is 1. The Morgan fingerprint density at radius 1 is 0.512 bits per heavy atom. The van der Waals surface area contributed by atoms with Gasteiger partial charge < -0.3 is 18.6 Å². The number of aromatic amines is 1. The Balaban J connectivity index is 0.000000103. The monoisotopic (exact) mass is 1100 g/mol. The van der Waals surface area contributed by atoms with Crippen LogP contribution in [-0.4, -0.2) is 72.6 Å². The van der Waals surface area contributed by atoms with Crippen molar-refractivity contribution >= 4 is 83.7 Å². The SMILES string of the molecule is C1=Nc2ncccc2C1.c1ccc2[nH]ccc2c1.c1ccc2ncccc2c1.c1cnc2c(c1)CCC2.c1cnc2c(c1)CCO2.c1cnc2c(c1)CN=N2.c1cnc2ncoc2c1.c1cnc2ncsc2c1.c1ncc2ccoc2n1. The molecule has 12 aromatic heterocycles. The van der Waals surface area contributed by atoms with Gasteiger partial charge in [-0.3, -0.25) is 9.97 Å². The highest BCUT2D eigenvalue weighted by molar-refractivity contribution is 7.16.